The zero-order valence-corrected chi connectivity index (χ0v) is 29.2. The molecule has 2 aromatic carbocycles. The summed E-state index contributed by atoms with van der Waals surface area (Å²) in [6.07, 6.45) is 12.7. The number of carbonyl (C=O) groups excluding carboxylic acids is 1. The number of piperazine rings is 1. The minimum atomic E-state index is -0.282. The van der Waals surface area contributed by atoms with Crippen molar-refractivity contribution >= 4 is 46.0 Å². The van der Waals surface area contributed by atoms with Crippen LogP contribution in [0.15, 0.2) is 55.0 Å². The third-order valence-electron chi connectivity index (χ3n) is 10.7. The molecule has 5 heterocycles. The Kier molecular flexibility index (Phi) is 9.06. The SMILES string of the molecule is CN1CCC[C@H]1COc1nc2c(c(N3CCN(C(=O)/C=C/n4cnc(C5CC5)c4)[C@@H](CC#N)C3)n1)CCN(c1cccc3cccc(Cl)c13)C2. The van der Waals surface area contributed by atoms with Crippen molar-refractivity contribution in [1.29, 1.82) is 5.26 Å². The molecule has 258 valence electrons. The first-order valence-electron chi connectivity index (χ1n) is 17.7. The van der Waals surface area contributed by atoms with Crippen LogP contribution in [-0.2, 0) is 17.8 Å². The Morgan fingerprint density at radius 2 is 1.92 bits per heavy atom. The monoisotopic (exact) mass is 691 g/mol. The number of anilines is 2. The van der Waals surface area contributed by atoms with E-state index in [2.05, 4.69) is 57.1 Å². The highest BCUT2D eigenvalue weighted by Gasteiger charge is 2.34. The molecule has 50 heavy (non-hydrogen) atoms. The van der Waals surface area contributed by atoms with Crippen molar-refractivity contribution in [2.24, 2.45) is 0 Å². The molecule has 0 bridgehead atoms. The molecule has 12 heteroatoms. The lowest BCUT2D eigenvalue weighted by molar-refractivity contribution is -0.128. The first kappa shape index (κ1) is 32.5. The van der Waals surface area contributed by atoms with Gasteiger partial charge in [0.1, 0.15) is 12.4 Å². The number of hydrogen-bond donors (Lipinski definition) is 0. The summed E-state index contributed by atoms with van der Waals surface area (Å²) in [6, 6.07) is 15.1. The normalized spacial score (nSPS) is 21.2. The van der Waals surface area contributed by atoms with Crippen LogP contribution in [0.4, 0.5) is 11.5 Å². The first-order valence-corrected chi connectivity index (χ1v) is 18.1. The van der Waals surface area contributed by atoms with Crippen LogP contribution in [0.25, 0.3) is 17.0 Å². The Labute approximate surface area is 297 Å². The van der Waals surface area contributed by atoms with E-state index in [1.807, 2.05) is 27.8 Å². The standard InChI is InChI=1S/C38H42ClN9O2/c1-44-16-4-7-29(44)24-50-38-42-33-23-46(34-9-3-6-27-5-2-8-31(39)36(27)34)18-13-30(33)37(43-38)47-19-20-48(28(21-47)12-15-40)35(49)14-17-45-22-32(41-25-45)26-10-11-26/h2-3,5-6,8-9,14,17,22,25-26,28-29H,4,7,10-13,16,18-21,23-24H2,1H3/b17-14+/t28-,29-/m0/s1. The smallest absolute Gasteiger partial charge is 0.318 e. The van der Waals surface area contributed by atoms with Crippen molar-refractivity contribution in [2.45, 2.75) is 63.1 Å². The average molecular weight is 692 g/mol. The number of nitriles is 1. The first-order chi connectivity index (χ1) is 24.4. The van der Waals surface area contributed by atoms with Crippen molar-refractivity contribution in [1.82, 2.24) is 29.3 Å². The molecule has 3 aliphatic heterocycles. The predicted molar refractivity (Wildman–Crippen MR) is 194 cm³/mol. The Bertz CT molecular complexity index is 1960. The quantitative estimate of drug-likeness (QED) is 0.211. The Morgan fingerprint density at radius 1 is 1.06 bits per heavy atom. The number of ether oxygens (including phenoxy) is 1. The number of carbonyl (C=O) groups is 1. The van der Waals surface area contributed by atoms with Gasteiger partial charge in [0.05, 0.1) is 47.8 Å². The van der Waals surface area contributed by atoms with Gasteiger partial charge in [-0.25, -0.2) is 4.98 Å². The highest BCUT2D eigenvalue weighted by Crippen LogP contribution is 2.39. The third kappa shape index (κ3) is 6.62. The van der Waals surface area contributed by atoms with Crippen molar-refractivity contribution in [3.05, 3.63) is 77.0 Å². The number of aromatic nitrogens is 4. The minimum Gasteiger partial charge on any atom is -0.462 e. The summed E-state index contributed by atoms with van der Waals surface area (Å²) in [6.45, 7) is 4.54. The number of likely N-dealkylation sites (tertiary alicyclic amines) is 1. The van der Waals surface area contributed by atoms with Crippen molar-refractivity contribution in [3.63, 3.8) is 0 Å². The molecule has 0 spiro atoms. The fourth-order valence-electron chi connectivity index (χ4n) is 7.71. The lowest BCUT2D eigenvalue weighted by Crippen LogP contribution is -2.55. The van der Waals surface area contributed by atoms with E-state index in [4.69, 9.17) is 26.3 Å². The van der Waals surface area contributed by atoms with Gasteiger partial charge in [-0.1, -0.05) is 35.9 Å². The Hall–Kier alpha value is -4.66. The maximum absolute atomic E-state index is 13.5. The maximum atomic E-state index is 13.5. The Balaban J connectivity index is 1.06. The van der Waals surface area contributed by atoms with E-state index in [1.165, 1.54) is 12.8 Å². The van der Waals surface area contributed by atoms with Crippen molar-refractivity contribution < 1.29 is 9.53 Å². The molecule has 0 N–H and O–H groups in total. The van der Waals surface area contributed by atoms with Crippen molar-refractivity contribution in [2.75, 3.05) is 56.2 Å². The molecule has 11 nitrogen and oxygen atoms in total. The van der Waals surface area contributed by atoms with Gasteiger partial charge in [-0.3, -0.25) is 4.79 Å². The summed E-state index contributed by atoms with van der Waals surface area (Å²) in [5, 5.41) is 12.7. The molecule has 1 saturated carbocycles. The lowest BCUT2D eigenvalue weighted by Gasteiger charge is -2.42. The summed E-state index contributed by atoms with van der Waals surface area (Å²) in [7, 11) is 2.14. The second-order valence-corrected chi connectivity index (χ2v) is 14.4. The summed E-state index contributed by atoms with van der Waals surface area (Å²) in [4.78, 5) is 36.7. The van der Waals surface area contributed by atoms with Crippen LogP contribution >= 0.6 is 11.6 Å². The van der Waals surface area contributed by atoms with Crippen LogP contribution in [0, 0.1) is 11.3 Å². The highest BCUT2D eigenvalue weighted by molar-refractivity contribution is 6.36. The molecule has 1 amide bonds. The van der Waals surface area contributed by atoms with Crippen LogP contribution < -0.4 is 14.5 Å². The van der Waals surface area contributed by atoms with Gasteiger partial charge in [0.15, 0.2) is 0 Å². The number of halogens is 1. The van der Waals surface area contributed by atoms with E-state index in [0.717, 1.165) is 76.6 Å². The molecule has 2 aromatic heterocycles. The van der Waals surface area contributed by atoms with Crippen LogP contribution in [0.5, 0.6) is 6.01 Å². The molecule has 8 rings (SSSR count). The van der Waals surface area contributed by atoms with Gasteiger partial charge in [0, 0.05) is 73.2 Å². The number of imidazole rings is 1. The van der Waals surface area contributed by atoms with E-state index in [-0.39, 0.29) is 18.4 Å². The molecule has 3 fully saturated rings. The molecule has 4 aromatic rings. The number of benzene rings is 2. The minimum absolute atomic E-state index is 0.106. The maximum Gasteiger partial charge on any atom is 0.318 e. The van der Waals surface area contributed by atoms with E-state index < -0.39 is 0 Å². The van der Waals surface area contributed by atoms with Gasteiger partial charge < -0.3 is 28.9 Å². The summed E-state index contributed by atoms with van der Waals surface area (Å²) in [5.41, 5.74) is 4.20. The Morgan fingerprint density at radius 3 is 2.72 bits per heavy atom. The van der Waals surface area contributed by atoms with E-state index >= 15 is 0 Å². The number of hydrogen-bond acceptors (Lipinski definition) is 9. The number of likely N-dealkylation sites (N-methyl/N-ethyl adjacent to an activating group) is 1. The summed E-state index contributed by atoms with van der Waals surface area (Å²) < 4.78 is 8.19. The summed E-state index contributed by atoms with van der Waals surface area (Å²) >= 11 is 6.75. The van der Waals surface area contributed by atoms with Gasteiger partial charge in [-0.15, -0.1) is 0 Å². The van der Waals surface area contributed by atoms with Gasteiger partial charge >= 0.3 is 6.01 Å². The van der Waals surface area contributed by atoms with Crippen LogP contribution in [0.1, 0.15) is 55.0 Å². The molecule has 2 saturated heterocycles. The summed E-state index contributed by atoms with van der Waals surface area (Å²) in [5.74, 6) is 1.29. The fraction of sp³-hybridized carbons (Fsp3) is 0.447. The molecule has 2 atom stereocenters. The number of rotatable bonds is 9. The second kappa shape index (κ2) is 13.9. The lowest BCUT2D eigenvalue weighted by atomic mass is 10.0. The molecule has 4 aliphatic rings. The fourth-order valence-corrected chi connectivity index (χ4v) is 7.99. The van der Waals surface area contributed by atoms with Crippen LogP contribution in [0.3, 0.4) is 0 Å². The predicted octanol–water partition coefficient (Wildman–Crippen LogP) is 5.49. The average Bonchev–Trinajstić information content (AvgIpc) is 3.73. The second-order valence-electron chi connectivity index (χ2n) is 14.0. The van der Waals surface area contributed by atoms with Crippen LogP contribution in [0.2, 0.25) is 5.02 Å². The molecule has 0 unspecified atom stereocenters. The van der Waals surface area contributed by atoms with Gasteiger partial charge in [0.25, 0.3) is 0 Å². The van der Waals surface area contributed by atoms with E-state index in [1.54, 1.807) is 18.6 Å². The third-order valence-corrected chi connectivity index (χ3v) is 11.0. The van der Waals surface area contributed by atoms with Crippen LogP contribution in [-0.4, -0.2) is 93.7 Å². The molecular formula is C38H42ClN9O2. The van der Waals surface area contributed by atoms with E-state index in [9.17, 15) is 10.1 Å². The van der Waals surface area contributed by atoms with Gasteiger partial charge in [-0.05, 0) is 63.2 Å². The molecule has 0 radical (unpaired) electrons. The number of fused-ring (bicyclic) bond motifs is 2. The number of nitrogens with zero attached hydrogens (tertiary/aromatic N) is 9. The van der Waals surface area contributed by atoms with Crippen molar-refractivity contribution in [3.8, 4) is 12.1 Å². The van der Waals surface area contributed by atoms with Gasteiger partial charge in [-0.2, -0.15) is 15.2 Å². The highest BCUT2D eigenvalue weighted by atomic mass is 35.5. The zero-order chi connectivity index (χ0) is 34.2. The van der Waals surface area contributed by atoms with E-state index in [0.29, 0.717) is 50.8 Å². The molecular weight excluding hydrogens is 650 g/mol. The molecule has 1 aliphatic carbocycles. The zero-order valence-electron chi connectivity index (χ0n) is 28.4. The number of amides is 1. The van der Waals surface area contributed by atoms with Gasteiger partial charge in [0.2, 0.25) is 5.91 Å². The largest absolute Gasteiger partial charge is 0.462 e. The topological polar surface area (TPSA) is 107 Å².